The molecule has 148 valence electrons. The first-order chi connectivity index (χ1) is 13.6. The Bertz CT molecular complexity index is 803. The number of amides is 1. The maximum Gasteiger partial charge on any atom is 0.295 e. The van der Waals surface area contributed by atoms with Gasteiger partial charge in [-0.25, -0.2) is 5.43 Å². The first-order valence-corrected chi connectivity index (χ1v) is 9.54. The Morgan fingerprint density at radius 1 is 1.14 bits per heavy atom. The highest BCUT2D eigenvalue weighted by Gasteiger charge is 2.24. The van der Waals surface area contributed by atoms with Crippen molar-refractivity contribution in [3.8, 4) is 11.5 Å². The van der Waals surface area contributed by atoms with Crippen LogP contribution in [0.25, 0.3) is 0 Å². The standard InChI is InChI=1S/C21H26N4O3/c1-28-20-13-18(7-8-19(20)26)14-22-23-21(27)16-25-11-9-24(10-12-25)15-17-5-3-2-4-6-17/h2-8,13-14,26H,9-12,15-16H2,1H3,(H,23,27)/p+2/b22-14+. The minimum atomic E-state index is -0.0940. The number of hydrogen-bond acceptors (Lipinski definition) is 4. The van der Waals surface area contributed by atoms with Crippen molar-refractivity contribution in [2.75, 3.05) is 39.8 Å². The quantitative estimate of drug-likeness (QED) is 0.359. The fraction of sp³-hybridized carbons (Fsp3) is 0.333. The molecule has 28 heavy (non-hydrogen) atoms. The molecular formula is C21H28N4O3+2. The van der Waals surface area contributed by atoms with Gasteiger partial charge in [0.25, 0.3) is 5.91 Å². The number of quaternary nitrogens is 2. The lowest BCUT2D eigenvalue weighted by molar-refractivity contribution is -1.02. The first-order valence-electron chi connectivity index (χ1n) is 9.54. The van der Waals surface area contributed by atoms with Gasteiger partial charge in [-0.1, -0.05) is 30.3 Å². The van der Waals surface area contributed by atoms with Gasteiger partial charge in [0.15, 0.2) is 18.0 Å². The topological polar surface area (TPSA) is 79.8 Å². The second kappa shape index (κ2) is 9.87. The van der Waals surface area contributed by atoms with Crippen LogP contribution in [0.3, 0.4) is 0 Å². The molecular weight excluding hydrogens is 356 g/mol. The minimum Gasteiger partial charge on any atom is -0.504 e. The summed E-state index contributed by atoms with van der Waals surface area (Å²) < 4.78 is 5.06. The summed E-state index contributed by atoms with van der Waals surface area (Å²) in [5, 5.41) is 13.6. The van der Waals surface area contributed by atoms with Crippen molar-refractivity contribution in [1.29, 1.82) is 0 Å². The number of hydrazone groups is 1. The van der Waals surface area contributed by atoms with Crippen molar-refractivity contribution in [2.24, 2.45) is 5.10 Å². The third kappa shape index (κ3) is 5.80. The van der Waals surface area contributed by atoms with Gasteiger partial charge in [0.1, 0.15) is 32.7 Å². The molecule has 1 aliphatic heterocycles. The van der Waals surface area contributed by atoms with Crippen molar-refractivity contribution in [3.63, 3.8) is 0 Å². The Balaban J connectivity index is 1.40. The Morgan fingerprint density at radius 2 is 1.86 bits per heavy atom. The van der Waals surface area contributed by atoms with Gasteiger partial charge in [-0.3, -0.25) is 4.79 Å². The lowest BCUT2D eigenvalue weighted by Gasteiger charge is -2.29. The molecule has 1 aliphatic rings. The summed E-state index contributed by atoms with van der Waals surface area (Å²) in [4.78, 5) is 15.0. The number of carbonyl (C=O) groups is 1. The number of phenolic OH excluding ortho intramolecular Hbond substituents is 1. The second-order valence-electron chi connectivity index (χ2n) is 7.06. The first kappa shape index (κ1) is 19.9. The Hall–Kier alpha value is -2.90. The molecule has 0 radical (unpaired) electrons. The molecule has 0 unspecified atom stereocenters. The molecule has 0 bridgehead atoms. The molecule has 1 saturated heterocycles. The number of carbonyl (C=O) groups excluding carboxylic acids is 1. The van der Waals surface area contributed by atoms with Crippen LogP contribution >= 0.6 is 0 Å². The van der Waals surface area contributed by atoms with E-state index in [2.05, 4.69) is 34.8 Å². The van der Waals surface area contributed by atoms with E-state index in [1.807, 2.05) is 6.07 Å². The van der Waals surface area contributed by atoms with Gasteiger partial charge in [-0.2, -0.15) is 5.10 Å². The molecule has 7 nitrogen and oxygen atoms in total. The minimum absolute atomic E-state index is 0.0702. The van der Waals surface area contributed by atoms with E-state index in [4.69, 9.17) is 4.74 Å². The molecule has 1 heterocycles. The zero-order valence-corrected chi connectivity index (χ0v) is 16.1. The molecule has 0 saturated carbocycles. The van der Waals surface area contributed by atoms with Gasteiger partial charge < -0.3 is 19.6 Å². The molecule has 3 rings (SSSR count). The van der Waals surface area contributed by atoms with Crippen LogP contribution < -0.4 is 20.0 Å². The summed E-state index contributed by atoms with van der Waals surface area (Å²) in [6.07, 6.45) is 1.54. The van der Waals surface area contributed by atoms with Gasteiger partial charge >= 0.3 is 0 Å². The molecule has 1 fully saturated rings. The normalized spacial score (nSPS) is 19.5. The maximum atomic E-state index is 12.1. The monoisotopic (exact) mass is 384 g/mol. The number of nitrogens with zero attached hydrogens (tertiary/aromatic N) is 1. The Morgan fingerprint density at radius 3 is 2.57 bits per heavy atom. The van der Waals surface area contributed by atoms with Crippen LogP contribution in [0.1, 0.15) is 11.1 Å². The van der Waals surface area contributed by atoms with Crippen molar-refractivity contribution < 1.29 is 24.4 Å². The van der Waals surface area contributed by atoms with Crippen LogP contribution in [-0.2, 0) is 11.3 Å². The van der Waals surface area contributed by atoms with Crippen LogP contribution in [0.5, 0.6) is 11.5 Å². The highest BCUT2D eigenvalue weighted by Crippen LogP contribution is 2.25. The van der Waals surface area contributed by atoms with E-state index in [9.17, 15) is 9.90 Å². The third-order valence-corrected chi connectivity index (χ3v) is 4.98. The van der Waals surface area contributed by atoms with Crippen LogP contribution in [0.15, 0.2) is 53.6 Å². The number of phenols is 1. The number of ether oxygens (including phenoxy) is 1. The lowest BCUT2D eigenvalue weighted by atomic mass is 10.2. The number of nitrogens with one attached hydrogen (secondary N) is 3. The van der Waals surface area contributed by atoms with E-state index in [-0.39, 0.29) is 11.7 Å². The highest BCUT2D eigenvalue weighted by molar-refractivity contribution is 5.83. The molecule has 2 aromatic carbocycles. The molecule has 7 heteroatoms. The van der Waals surface area contributed by atoms with Crippen molar-refractivity contribution >= 4 is 12.1 Å². The summed E-state index contributed by atoms with van der Waals surface area (Å²) in [5.74, 6) is 0.347. The van der Waals surface area contributed by atoms with E-state index in [1.54, 1.807) is 17.0 Å². The Labute approximate surface area is 165 Å². The van der Waals surface area contributed by atoms with Crippen LogP contribution in [0, 0.1) is 0 Å². The van der Waals surface area contributed by atoms with E-state index in [1.165, 1.54) is 29.9 Å². The highest BCUT2D eigenvalue weighted by atomic mass is 16.5. The number of hydrogen-bond donors (Lipinski definition) is 4. The predicted octanol–water partition coefficient (Wildman–Crippen LogP) is -1.17. The molecule has 4 N–H and O–H groups in total. The summed E-state index contributed by atoms with van der Waals surface area (Å²) in [7, 11) is 1.49. The molecule has 0 spiro atoms. The van der Waals surface area contributed by atoms with Crippen LogP contribution in [-0.4, -0.2) is 57.1 Å². The van der Waals surface area contributed by atoms with Gasteiger partial charge in [0, 0.05) is 5.56 Å². The zero-order chi connectivity index (χ0) is 19.8. The average Bonchev–Trinajstić information content (AvgIpc) is 2.71. The smallest absolute Gasteiger partial charge is 0.295 e. The number of methoxy groups -OCH3 is 1. The van der Waals surface area contributed by atoms with Crippen molar-refractivity contribution in [1.82, 2.24) is 5.43 Å². The van der Waals surface area contributed by atoms with Gasteiger partial charge in [0.2, 0.25) is 0 Å². The number of aromatic hydroxyl groups is 1. The van der Waals surface area contributed by atoms with Crippen molar-refractivity contribution in [2.45, 2.75) is 6.54 Å². The molecule has 0 aliphatic carbocycles. The molecule has 1 amide bonds. The SMILES string of the molecule is COc1cc(/C=N/NC(=O)C[NH+]2CC[NH+](Cc3ccccc3)CC2)ccc1O. The van der Waals surface area contributed by atoms with Crippen LogP contribution in [0.4, 0.5) is 0 Å². The summed E-state index contributed by atoms with van der Waals surface area (Å²) in [5.41, 5.74) is 4.68. The number of benzene rings is 2. The third-order valence-electron chi connectivity index (χ3n) is 4.98. The van der Waals surface area contributed by atoms with Crippen LogP contribution in [0.2, 0.25) is 0 Å². The van der Waals surface area contributed by atoms with E-state index in [0.717, 1.165) is 38.3 Å². The number of rotatable bonds is 7. The molecule has 0 aromatic heterocycles. The lowest BCUT2D eigenvalue weighted by Crippen LogP contribution is -3.28. The van der Waals surface area contributed by atoms with Gasteiger partial charge in [0.05, 0.1) is 13.3 Å². The molecule has 2 aromatic rings. The number of piperazine rings is 1. The molecule has 0 atom stereocenters. The van der Waals surface area contributed by atoms with Gasteiger partial charge in [-0.05, 0) is 23.8 Å². The second-order valence-corrected chi connectivity index (χ2v) is 7.06. The summed E-state index contributed by atoms with van der Waals surface area (Å²) >= 11 is 0. The van der Waals surface area contributed by atoms with Crippen molar-refractivity contribution in [3.05, 3.63) is 59.7 Å². The Kier molecular flexibility index (Phi) is 7.00. The fourth-order valence-electron chi connectivity index (χ4n) is 3.42. The van der Waals surface area contributed by atoms with E-state index in [0.29, 0.717) is 12.3 Å². The predicted molar refractivity (Wildman–Crippen MR) is 107 cm³/mol. The summed E-state index contributed by atoms with van der Waals surface area (Å²) in [6.45, 7) is 5.56. The summed E-state index contributed by atoms with van der Waals surface area (Å²) in [6, 6.07) is 15.4. The fourth-order valence-corrected chi connectivity index (χ4v) is 3.42. The zero-order valence-electron chi connectivity index (χ0n) is 16.1. The maximum absolute atomic E-state index is 12.1. The average molecular weight is 384 g/mol. The largest absolute Gasteiger partial charge is 0.504 e. The van der Waals surface area contributed by atoms with E-state index < -0.39 is 0 Å². The van der Waals surface area contributed by atoms with Gasteiger partial charge in [-0.15, -0.1) is 0 Å². The van der Waals surface area contributed by atoms with E-state index >= 15 is 0 Å².